The number of rotatable bonds is 4. The van der Waals surface area contributed by atoms with Gasteiger partial charge in [-0.15, -0.1) is 20.4 Å². The van der Waals surface area contributed by atoms with Crippen molar-refractivity contribution < 1.29 is 82.5 Å². The summed E-state index contributed by atoms with van der Waals surface area (Å²) in [4.78, 5) is 6.86. The summed E-state index contributed by atoms with van der Waals surface area (Å²) in [6.07, 6.45) is -4.83. The van der Waals surface area contributed by atoms with Crippen LogP contribution in [-0.4, -0.2) is 53.0 Å². The molecule has 2 N–H and O–H groups in total. The van der Waals surface area contributed by atoms with E-state index in [4.69, 9.17) is 11.6 Å². The van der Waals surface area contributed by atoms with Gasteiger partial charge in [-0.25, -0.2) is 0 Å². The smallest absolute Gasteiger partial charge is 0.856 e. The van der Waals surface area contributed by atoms with Gasteiger partial charge in [0, 0.05) is 11.8 Å². The molecule has 0 saturated heterocycles. The van der Waals surface area contributed by atoms with Crippen molar-refractivity contribution in [2.45, 2.75) is 6.18 Å². The zero-order valence-electron chi connectivity index (χ0n) is 14.6. The number of aromatic amines is 2. The van der Waals surface area contributed by atoms with Gasteiger partial charge in [0.1, 0.15) is 0 Å². The predicted octanol–water partition coefficient (Wildman–Crippen LogP) is -6.73. The van der Waals surface area contributed by atoms with Crippen LogP contribution in [0.3, 0.4) is 0 Å². The van der Waals surface area contributed by atoms with E-state index in [-0.39, 0.29) is 59.1 Å². The number of nitrogens with one attached hydrogen (secondary N) is 2. The molecule has 1 aromatic carbocycles. The van der Waals surface area contributed by atoms with Crippen LogP contribution >= 0.6 is 11.6 Å². The zero-order chi connectivity index (χ0) is 19.6. The first-order valence-electron chi connectivity index (χ1n) is 6.65. The molecular weight excluding hydrogens is 443 g/mol. The first-order valence-corrected chi connectivity index (χ1v) is 7.03. The molecule has 0 aliphatic rings. The predicted molar refractivity (Wildman–Crippen MR) is 77.2 cm³/mol. The van der Waals surface area contributed by atoms with E-state index in [1.54, 1.807) is 0 Å². The van der Waals surface area contributed by atoms with E-state index in [2.05, 4.69) is 40.8 Å². The van der Waals surface area contributed by atoms with Crippen LogP contribution in [0.5, 0.6) is 0 Å². The summed E-state index contributed by atoms with van der Waals surface area (Å²) in [5, 5.41) is 47.0. The molecule has 0 spiro atoms. The van der Waals surface area contributed by atoms with E-state index in [0.717, 1.165) is 0 Å². The molecule has 0 aliphatic heterocycles. The molecular formula is C11H4ClF3N10Na2O2. The first-order chi connectivity index (χ1) is 12.8. The summed E-state index contributed by atoms with van der Waals surface area (Å²) in [5.74, 6) is -3.21. The number of aromatic nitrogens is 8. The van der Waals surface area contributed by atoms with Gasteiger partial charge in [-0.3, -0.25) is 9.98 Å². The maximum Gasteiger partial charge on any atom is 1.00 e. The van der Waals surface area contributed by atoms with E-state index in [1.807, 2.05) is 10.4 Å². The molecule has 0 saturated carbocycles. The molecule has 2 heterocycles. The Balaban J connectivity index is 0.00000210. The van der Waals surface area contributed by atoms with Crippen LogP contribution in [0.15, 0.2) is 22.1 Å². The number of halogens is 4. The van der Waals surface area contributed by atoms with Crippen LogP contribution in [0.2, 0.25) is 5.02 Å². The topological polar surface area (TPSA) is 180 Å². The molecule has 0 fully saturated rings. The Labute approximate surface area is 207 Å². The molecule has 2 aromatic heterocycles. The SMILES string of the molecule is [Na+].[Na+].[O-]C(=Nc1cc(C(F)(F)F)cc(N=C([O-])c2nn[nH]n2)c1Cl)c1nn[nH]n1. The zero-order valence-corrected chi connectivity index (χ0v) is 19.3. The van der Waals surface area contributed by atoms with E-state index in [0.29, 0.717) is 12.1 Å². The second-order valence-electron chi connectivity index (χ2n) is 4.63. The first kappa shape index (κ1) is 25.4. The largest absolute Gasteiger partial charge is 1.00 e. The molecule has 140 valence electrons. The second kappa shape index (κ2) is 10.4. The van der Waals surface area contributed by atoms with Crippen molar-refractivity contribution in [1.29, 1.82) is 0 Å². The monoisotopic (exact) mass is 446 g/mol. The third kappa shape index (κ3) is 6.18. The van der Waals surface area contributed by atoms with Gasteiger partial charge in [-0.05, 0) is 22.6 Å². The number of hydrogen-bond donors (Lipinski definition) is 2. The number of H-pyrrole nitrogens is 2. The molecule has 29 heavy (non-hydrogen) atoms. The van der Waals surface area contributed by atoms with Crippen LogP contribution in [-0.2, 0) is 6.18 Å². The fourth-order valence-electron chi connectivity index (χ4n) is 1.74. The van der Waals surface area contributed by atoms with Crippen molar-refractivity contribution in [2.24, 2.45) is 9.98 Å². The van der Waals surface area contributed by atoms with E-state index in [9.17, 15) is 23.4 Å². The standard InChI is InChI=1S/C11H6ClF3N10O2.2Na/c12-6-4(16-9(26)7-18-22-23-19-7)1-3(11(13,14)15)2-5(6)17-10(27)8-20-24-25-21-8;;/h1-2H,(H,16,26)(H,17,27)(H,18,19,22,23)(H,20,21,24,25);;/q;2*+1/p-2. The molecule has 12 nitrogen and oxygen atoms in total. The minimum Gasteiger partial charge on any atom is -0.856 e. The van der Waals surface area contributed by atoms with Gasteiger partial charge in [0.15, 0.2) is 0 Å². The van der Waals surface area contributed by atoms with E-state index < -0.39 is 51.6 Å². The van der Waals surface area contributed by atoms with Crippen LogP contribution in [0.4, 0.5) is 24.5 Å². The molecule has 0 aliphatic carbocycles. The Morgan fingerprint density at radius 3 is 1.62 bits per heavy atom. The van der Waals surface area contributed by atoms with Gasteiger partial charge in [-0.2, -0.15) is 23.6 Å². The summed E-state index contributed by atoms with van der Waals surface area (Å²) in [5.41, 5.74) is -2.44. The number of benzene rings is 1. The third-order valence-corrected chi connectivity index (χ3v) is 3.27. The number of alkyl halides is 3. The van der Waals surface area contributed by atoms with E-state index >= 15 is 0 Å². The number of hydrogen-bond acceptors (Lipinski definition) is 10. The van der Waals surface area contributed by atoms with Crippen molar-refractivity contribution in [3.8, 4) is 0 Å². The van der Waals surface area contributed by atoms with Gasteiger partial charge in [0.2, 0.25) is 11.6 Å². The van der Waals surface area contributed by atoms with Crippen LogP contribution < -0.4 is 69.3 Å². The molecule has 0 amide bonds. The Kier molecular flexibility index (Phi) is 9.13. The summed E-state index contributed by atoms with van der Waals surface area (Å²) in [6, 6.07) is 1.02. The van der Waals surface area contributed by atoms with Crippen LogP contribution in [0.1, 0.15) is 17.2 Å². The molecule has 0 unspecified atom stereocenters. The van der Waals surface area contributed by atoms with E-state index in [1.165, 1.54) is 0 Å². The van der Waals surface area contributed by atoms with Crippen molar-refractivity contribution >= 4 is 34.8 Å². The third-order valence-electron chi connectivity index (χ3n) is 2.88. The summed E-state index contributed by atoms with van der Waals surface area (Å²) in [6.45, 7) is 0. The van der Waals surface area contributed by atoms with Crippen LogP contribution in [0.25, 0.3) is 0 Å². The summed E-state index contributed by atoms with van der Waals surface area (Å²) >= 11 is 5.95. The molecule has 0 atom stereocenters. The Bertz CT molecular complexity index is 939. The Hall–Kier alpha value is -1.62. The summed E-state index contributed by atoms with van der Waals surface area (Å²) < 4.78 is 39.4. The number of tetrazole rings is 2. The minimum atomic E-state index is -4.83. The average Bonchev–Trinajstić information content (AvgIpc) is 3.30. The van der Waals surface area contributed by atoms with Gasteiger partial charge < -0.3 is 10.2 Å². The number of nitrogens with zero attached hydrogens (tertiary/aromatic N) is 8. The minimum absolute atomic E-state index is 0. The van der Waals surface area contributed by atoms with Gasteiger partial charge in [-0.1, -0.05) is 11.6 Å². The Morgan fingerprint density at radius 1 is 0.897 bits per heavy atom. The van der Waals surface area contributed by atoms with Gasteiger partial charge >= 0.3 is 65.3 Å². The fourth-order valence-corrected chi connectivity index (χ4v) is 1.94. The molecule has 3 rings (SSSR count). The summed E-state index contributed by atoms with van der Waals surface area (Å²) in [7, 11) is 0. The maximum absolute atomic E-state index is 13.1. The van der Waals surface area contributed by atoms with Crippen molar-refractivity contribution in [2.75, 3.05) is 0 Å². The molecule has 18 heteroatoms. The van der Waals surface area contributed by atoms with Crippen molar-refractivity contribution in [3.63, 3.8) is 0 Å². The maximum atomic E-state index is 13.1. The quantitative estimate of drug-likeness (QED) is 0.225. The number of aliphatic imine (C=N–C) groups is 2. The molecule has 3 aromatic rings. The Morgan fingerprint density at radius 2 is 1.31 bits per heavy atom. The fraction of sp³-hybridized carbons (Fsp3) is 0.0909. The second-order valence-corrected chi connectivity index (χ2v) is 5.01. The van der Waals surface area contributed by atoms with Gasteiger partial charge in [0.05, 0.1) is 22.0 Å². The van der Waals surface area contributed by atoms with Crippen molar-refractivity contribution in [1.82, 2.24) is 41.2 Å². The normalized spacial score (nSPS) is 12.3. The van der Waals surface area contributed by atoms with Crippen LogP contribution in [0, 0.1) is 0 Å². The molecule has 0 bridgehead atoms. The molecule has 0 radical (unpaired) electrons. The van der Waals surface area contributed by atoms with Gasteiger partial charge in [0.25, 0.3) is 0 Å². The van der Waals surface area contributed by atoms with Crippen molar-refractivity contribution in [3.05, 3.63) is 34.4 Å². The average molecular weight is 447 g/mol.